The third-order valence-corrected chi connectivity index (χ3v) is 5.64. The van der Waals surface area contributed by atoms with Gasteiger partial charge in [-0.2, -0.15) is 0 Å². The number of benzene rings is 2. The van der Waals surface area contributed by atoms with Crippen LogP contribution in [0.2, 0.25) is 0 Å². The van der Waals surface area contributed by atoms with Gasteiger partial charge in [-0.25, -0.2) is 14.6 Å². The largest absolute Gasteiger partial charge is 0.487 e. The van der Waals surface area contributed by atoms with Crippen LogP contribution in [0.4, 0.5) is 9.59 Å². The number of ether oxygens (including phenoxy) is 2. The zero-order chi connectivity index (χ0) is 25.2. The average molecular weight is 479 g/mol. The Balaban J connectivity index is 1.75. The van der Waals surface area contributed by atoms with Gasteiger partial charge >= 0.3 is 12.1 Å². The minimum atomic E-state index is -0.659. The Morgan fingerprint density at radius 2 is 1.77 bits per heavy atom. The normalized spacial score (nSPS) is 11.5. The summed E-state index contributed by atoms with van der Waals surface area (Å²) in [5, 5.41) is 3.73. The van der Waals surface area contributed by atoms with Gasteiger partial charge in [-0.15, -0.1) is 0 Å². The lowest BCUT2D eigenvalue weighted by molar-refractivity contribution is 0.0758. The van der Waals surface area contributed by atoms with E-state index in [1.54, 1.807) is 16.8 Å². The van der Waals surface area contributed by atoms with Crippen molar-refractivity contribution < 1.29 is 19.1 Å². The van der Waals surface area contributed by atoms with Gasteiger partial charge in [0.15, 0.2) is 0 Å². The highest BCUT2D eigenvalue weighted by Crippen LogP contribution is 2.24. The Labute approximate surface area is 206 Å². The van der Waals surface area contributed by atoms with E-state index >= 15 is 0 Å². The summed E-state index contributed by atoms with van der Waals surface area (Å²) >= 11 is 0. The lowest BCUT2D eigenvalue weighted by atomic mass is 10.1. The molecule has 35 heavy (non-hydrogen) atoms. The van der Waals surface area contributed by atoms with Crippen LogP contribution in [-0.2, 0) is 11.3 Å². The highest BCUT2D eigenvalue weighted by atomic mass is 16.6. The monoisotopic (exact) mass is 478 g/mol. The van der Waals surface area contributed by atoms with E-state index in [9.17, 15) is 9.59 Å². The predicted octanol–water partition coefficient (Wildman–Crippen LogP) is 4.99. The van der Waals surface area contributed by atoms with Crippen LogP contribution in [0.3, 0.4) is 0 Å². The Bertz CT molecular complexity index is 1130. The van der Waals surface area contributed by atoms with Gasteiger partial charge in [-0.3, -0.25) is 0 Å². The van der Waals surface area contributed by atoms with Gasteiger partial charge < -0.3 is 24.6 Å². The predicted molar refractivity (Wildman–Crippen MR) is 136 cm³/mol. The molecule has 1 heterocycles. The number of nitrogens with one attached hydrogen (secondary N) is 1. The molecule has 0 bridgehead atoms. The van der Waals surface area contributed by atoms with Crippen LogP contribution < -0.4 is 10.1 Å². The van der Waals surface area contributed by atoms with Gasteiger partial charge in [0, 0.05) is 32.1 Å². The average Bonchev–Trinajstić information content (AvgIpc) is 2.88. The third kappa shape index (κ3) is 7.09. The third-order valence-electron chi connectivity index (χ3n) is 5.64. The minimum absolute atomic E-state index is 0.116. The molecule has 0 unspecified atom stereocenters. The number of amides is 3. The standard InChI is InChI=1S/C27H34N4O4/c1-5-28-26(32)35-25(18-30(4)27(33)31(6-2)7-3)21-12-10-13-23(17-21)34-19-22-16-15-20-11-8-9-14-24(20)29-22/h8-17,25H,5-7,18-19H2,1-4H3,(H,28,32)/t25-/m0/s1. The highest BCUT2D eigenvalue weighted by molar-refractivity contribution is 5.78. The Morgan fingerprint density at radius 3 is 2.51 bits per heavy atom. The molecule has 0 radical (unpaired) electrons. The van der Waals surface area contributed by atoms with Gasteiger partial charge in [0.05, 0.1) is 17.8 Å². The quantitative estimate of drug-likeness (QED) is 0.444. The first-order chi connectivity index (χ1) is 16.9. The molecule has 0 fully saturated rings. The van der Waals surface area contributed by atoms with Crippen molar-refractivity contribution in [1.82, 2.24) is 20.1 Å². The van der Waals surface area contributed by atoms with E-state index in [4.69, 9.17) is 9.47 Å². The number of hydrogen-bond acceptors (Lipinski definition) is 5. The number of alkyl carbamates (subject to hydrolysis) is 1. The number of carbonyl (C=O) groups is 2. The Hall–Kier alpha value is -3.81. The van der Waals surface area contributed by atoms with Crippen LogP contribution in [0.1, 0.15) is 38.1 Å². The van der Waals surface area contributed by atoms with Crippen molar-refractivity contribution in [3.05, 3.63) is 71.9 Å². The minimum Gasteiger partial charge on any atom is -0.487 e. The van der Waals surface area contributed by atoms with Crippen molar-refractivity contribution in [1.29, 1.82) is 0 Å². The molecule has 3 aromatic rings. The highest BCUT2D eigenvalue weighted by Gasteiger charge is 2.23. The fourth-order valence-electron chi connectivity index (χ4n) is 3.74. The van der Waals surface area contributed by atoms with Crippen molar-refractivity contribution in [3.8, 4) is 5.75 Å². The van der Waals surface area contributed by atoms with Crippen LogP contribution in [0, 0.1) is 0 Å². The van der Waals surface area contributed by atoms with Gasteiger partial charge in [0.1, 0.15) is 18.5 Å². The van der Waals surface area contributed by atoms with Gasteiger partial charge in [0.25, 0.3) is 0 Å². The van der Waals surface area contributed by atoms with E-state index in [0.717, 1.165) is 22.2 Å². The van der Waals surface area contributed by atoms with Gasteiger partial charge in [-0.1, -0.05) is 36.4 Å². The summed E-state index contributed by atoms with van der Waals surface area (Å²) in [6.45, 7) is 7.86. The number of pyridine rings is 1. The van der Waals surface area contributed by atoms with E-state index in [-0.39, 0.29) is 12.6 Å². The van der Waals surface area contributed by atoms with E-state index in [1.807, 2.05) is 81.4 Å². The molecule has 8 nitrogen and oxygen atoms in total. The molecule has 8 heteroatoms. The van der Waals surface area contributed by atoms with Crippen LogP contribution in [0.25, 0.3) is 10.9 Å². The first-order valence-electron chi connectivity index (χ1n) is 12.0. The summed E-state index contributed by atoms with van der Waals surface area (Å²) in [4.78, 5) is 32.9. The Kier molecular flexibility index (Phi) is 9.29. The molecule has 0 aliphatic rings. The molecule has 0 saturated heterocycles. The number of likely N-dealkylation sites (N-methyl/N-ethyl adjacent to an activating group) is 1. The molecular formula is C27H34N4O4. The maximum atomic E-state index is 12.8. The topological polar surface area (TPSA) is 84.0 Å². The summed E-state index contributed by atoms with van der Waals surface area (Å²) in [7, 11) is 1.71. The summed E-state index contributed by atoms with van der Waals surface area (Å²) in [5.74, 6) is 0.625. The maximum absolute atomic E-state index is 12.8. The molecular weight excluding hydrogens is 444 g/mol. The number of carbonyl (C=O) groups excluding carboxylic acids is 2. The van der Waals surface area contributed by atoms with Crippen molar-refractivity contribution in [2.75, 3.05) is 33.2 Å². The number of nitrogens with zero attached hydrogens (tertiary/aromatic N) is 3. The maximum Gasteiger partial charge on any atom is 0.407 e. The van der Waals surface area contributed by atoms with E-state index in [0.29, 0.717) is 32.0 Å². The second-order valence-corrected chi connectivity index (χ2v) is 8.12. The first-order valence-corrected chi connectivity index (χ1v) is 12.0. The van der Waals surface area contributed by atoms with Gasteiger partial charge in [0.2, 0.25) is 0 Å². The summed E-state index contributed by atoms with van der Waals surface area (Å²) < 4.78 is 11.7. The van der Waals surface area contributed by atoms with Crippen LogP contribution in [0.15, 0.2) is 60.7 Å². The number of rotatable bonds is 10. The van der Waals surface area contributed by atoms with Crippen molar-refractivity contribution in [3.63, 3.8) is 0 Å². The molecule has 3 amide bonds. The molecule has 1 N–H and O–H groups in total. The molecule has 3 rings (SSSR count). The van der Waals surface area contributed by atoms with Crippen LogP contribution in [0.5, 0.6) is 5.75 Å². The van der Waals surface area contributed by atoms with E-state index in [1.165, 1.54) is 0 Å². The smallest absolute Gasteiger partial charge is 0.407 e. The molecule has 2 aromatic carbocycles. The summed E-state index contributed by atoms with van der Waals surface area (Å²) in [6, 6.07) is 19.2. The fraction of sp³-hybridized carbons (Fsp3) is 0.370. The van der Waals surface area contributed by atoms with Crippen molar-refractivity contribution in [2.24, 2.45) is 0 Å². The molecule has 0 spiro atoms. The molecule has 0 saturated carbocycles. The molecule has 186 valence electrons. The number of fused-ring (bicyclic) bond motifs is 1. The van der Waals surface area contributed by atoms with Crippen LogP contribution in [-0.4, -0.2) is 60.1 Å². The zero-order valence-electron chi connectivity index (χ0n) is 20.9. The number of para-hydroxylation sites is 1. The SMILES string of the molecule is CCNC(=O)O[C@@H](CN(C)C(=O)N(CC)CC)c1cccc(OCc2ccc3ccccc3n2)c1. The second kappa shape index (κ2) is 12.6. The Morgan fingerprint density at radius 1 is 1.00 bits per heavy atom. The zero-order valence-corrected chi connectivity index (χ0v) is 20.9. The lowest BCUT2D eigenvalue weighted by Crippen LogP contribution is -2.43. The molecule has 1 aromatic heterocycles. The van der Waals surface area contributed by atoms with E-state index < -0.39 is 12.2 Å². The molecule has 0 aliphatic heterocycles. The fourth-order valence-corrected chi connectivity index (χ4v) is 3.74. The summed E-state index contributed by atoms with van der Waals surface area (Å²) in [6.07, 6.45) is -1.19. The number of aromatic nitrogens is 1. The number of hydrogen-bond donors (Lipinski definition) is 1. The van der Waals surface area contributed by atoms with Gasteiger partial charge in [-0.05, 0) is 50.6 Å². The molecule has 0 aliphatic carbocycles. The van der Waals surface area contributed by atoms with Crippen LogP contribution >= 0.6 is 0 Å². The second-order valence-electron chi connectivity index (χ2n) is 8.12. The molecule has 1 atom stereocenters. The summed E-state index contributed by atoms with van der Waals surface area (Å²) in [5.41, 5.74) is 2.46. The van der Waals surface area contributed by atoms with Crippen molar-refractivity contribution >= 4 is 23.0 Å². The number of urea groups is 1. The lowest BCUT2D eigenvalue weighted by Gasteiger charge is -2.29. The van der Waals surface area contributed by atoms with Crippen molar-refractivity contribution in [2.45, 2.75) is 33.5 Å². The van der Waals surface area contributed by atoms with E-state index in [2.05, 4.69) is 10.3 Å². The first kappa shape index (κ1) is 25.8.